The Bertz CT molecular complexity index is 361. The Morgan fingerprint density at radius 2 is 2.12 bits per heavy atom. The highest BCUT2D eigenvalue weighted by Gasteiger charge is 2.33. The van der Waals surface area contributed by atoms with Crippen molar-refractivity contribution in [2.45, 2.75) is 25.9 Å². The second-order valence-electron chi connectivity index (χ2n) is 4.57. The molecule has 1 aromatic rings. The molecule has 0 fully saturated rings. The number of rotatable bonds is 5. The first-order valence-electron chi connectivity index (χ1n) is 5.55. The van der Waals surface area contributed by atoms with E-state index >= 15 is 0 Å². The summed E-state index contributed by atoms with van der Waals surface area (Å²) in [5.74, 6) is -0.453. The fourth-order valence-electron chi connectivity index (χ4n) is 1.68. The Balaban J connectivity index is 3.02. The predicted molar refractivity (Wildman–Crippen MR) is 66.8 cm³/mol. The van der Waals surface area contributed by atoms with Gasteiger partial charge in [-0.1, -0.05) is 31.5 Å². The lowest BCUT2D eigenvalue weighted by Crippen LogP contribution is -2.42. The summed E-state index contributed by atoms with van der Waals surface area (Å²) >= 11 is 5.95. The van der Waals surface area contributed by atoms with Crippen molar-refractivity contribution in [2.24, 2.45) is 5.92 Å². The molecule has 0 spiro atoms. The van der Waals surface area contributed by atoms with E-state index in [0.29, 0.717) is 10.6 Å². The maximum Gasteiger partial charge on any atom is 0.127 e. The van der Waals surface area contributed by atoms with Crippen LogP contribution in [-0.4, -0.2) is 24.4 Å². The second-order valence-corrected chi connectivity index (χ2v) is 4.98. The van der Waals surface area contributed by atoms with Gasteiger partial charge in [0, 0.05) is 24.1 Å². The molecule has 0 aliphatic rings. The number of aliphatic hydroxyl groups is 1. The average molecular weight is 261 g/mol. The SMILES string of the molecule is COCC(O)(Cc1c(F)cccc1Cl)C(C)C. The standard InChI is InChI=1S/C13H18ClFO2/c1-9(2)13(16,8-17-3)7-10-11(14)5-4-6-12(10)15/h4-6,9,16H,7-8H2,1-3H3. The molecule has 1 unspecified atom stereocenters. The minimum Gasteiger partial charge on any atom is -0.387 e. The van der Waals surface area contributed by atoms with Crippen LogP contribution in [-0.2, 0) is 11.2 Å². The molecule has 1 N–H and O–H groups in total. The van der Waals surface area contributed by atoms with Crippen LogP contribution in [0, 0.1) is 11.7 Å². The first-order valence-corrected chi connectivity index (χ1v) is 5.92. The van der Waals surface area contributed by atoms with Gasteiger partial charge in [0.25, 0.3) is 0 Å². The van der Waals surface area contributed by atoms with E-state index in [0.717, 1.165) is 0 Å². The Kier molecular flexibility index (Phi) is 4.92. The molecule has 2 nitrogen and oxygen atoms in total. The fraction of sp³-hybridized carbons (Fsp3) is 0.538. The van der Waals surface area contributed by atoms with E-state index in [9.17, 15) is 9.50 Å². The summed E-state index contributed by atoms with van der Waals surface area (Å²) in [5, 5.41) is 10.8. The molecule has 0 aromatic heterocycles. The van der Waals surface area contributed by atoms with Crippen LogP contribution in [0.1, 0.15) is 19.4 Å². The van der Waals surface area contributed by atoms with Gasteiger partial charge in [0.05, 0.1) is 12.2 Å². The first-order chi connectivity index (χ1) is 7.90. The topological polar surface area (TPSA) is 29.5 Å². The Hall–Kier alpha value is -0.640. The zero-order valence-corrected chi connectivity index (χ0v) is 11.1. The Labute approximate surface area is 106 Å². The molecular formula is C13H18ClFO2. The maximum atomic E-state index is 13.6. The lowest BCUT2D eigenvalue weighted by atomic mass is 9.85. The van der Waals surface area contributed by atoms with Crippen LogP contribution in [0.3, 0.4) is 0 Å². The molecule has 0 bridgehead atoms. The van der Waals surface area contributed by atoms with E-state index in [1.807, 2.05) is 13.8 Å². The van der Waals surface area contributed by atoms with Gasteiger partial charge < -0.3 is 9.84 Å². The lowest BCUT2D eigenvalue weighted by molar-refractivity contribution is -0.0641. The van der Waals surface area contributed by atoms with Gasteiger partial charge in [0.1, 0.15) is 5.82 Å². The molecule has 0 saturated carbocycles. The zero-order valence-electron chi connectivity index (χ0n) is 10.3. The fourth-order valence-corrected chi connectivity index (χ4v) is 1.91. The van der Waals surface area contributed by atoms with Gasteiger partial charge in [-0.05, 0) is 18.1 Å². The summed E-state index contributed by atoms with van der Waals surface area (Å²) in [5.41, 5.74) is -0.775. The number of halogens is 2. The van der Waals surface area contributed by atoms with Gasteiger partial charge >= 0.3 is 0 Å². The van der Waals surface area contributed by atoms with Crippen LogP contribution < -0.4 is 0 Å². The molecule has 0 amide bonds. The molecule has 0 aliphatic carbocycles. The van der Waals surface area contributed by atoms with E-state index in [1.165, 1.54) is 13.2 Å². The van der Waals surface area contributed by atoms with Crippen molar-refractivity contribution in [1.29, 1.82) is 0 Å². The molecule has 0 saturated heterocycles. The smallest absolute Gasteiger partial charge is 0.127 e. The van der Waals surface area contributed by atoms with Gasteiger partial charge in [0.2, 0.25) is 0 Å². The molecule has 1 atom stereocenters. The second kappa shape index (κ2) is 5.80. The summed E-state index contributed by atoms with van der Waals surface area (Å²) in [6.07, 6.45) is 0.143. The van der Waals surface area contributed by atoms with Crippen molar-refractivity contribution < 1.29 is 14.2 Å². The third-order valence-electron chi connectivity index (χ3n) is 3.01. The average Bonchev–Trinajstić information content (AvgIpc) is 2.24. The molecule has 0 radical (unpaired) electrons. The normalized spacial score (nSPS) is 15.0. The lowest BCUT2D eigenvalue weighted by Gasteiger charge is -2.32. The van der Waals surface area contributed by atoms with Crippen LogP contribution in [0.5, 0.6) is 0 Å². The van der Waals surface area contributed by atoms with Crippen LogP contribution in [0.15, 0.2) is 18.2 Å². The molecule has 0 heterocycles. The molecule has 17 heavy (non-hydrogen) atoms. The van der Waals surface area contributed by atoms with Crippen LogP contribution in [0.2, 0.25) is 5.02 Å². The third kappa shape index (κ3) is 3.41. The van der Waals surface area contributed by atoms with Gasteiger partial charge in [-0.2, -0.15) is 0 Å². The van der Waals surface area contributed by atoms with Crippen molar-refractivity contribution in [1.82, 2.24) is 0 Å². The quantitative estimate of drug-likeness (QED) is 0.882. The summed E-state index contributed by atoms with van der Waals surface area (Å²) < 4.78 is 18.7. The monoisotopic (exact) mass is 260 g/mol. The third-order valence-corrected chi connectivity index (χ3v) is 3.37. The predicted octanol–water partition coefficient (Wildman–Crippen LogP) is 3.06. The number of benzene rings is 1. The molecular weight excluding hydrogens is 243 g/mol. The number of hydrogen-bond acceptors (Lipinski definition) is 2. The van der Waals surface area contributed by atoms with Gasteiger partial charge in [-0.15, -0.1) is 0 Å². The number of hydrogen-bond donors (Lipinski definition) is 1. The highest BCUT2D eigenvalue weighted by atomic mass is 35.5. The highest BCUT2D eigenvalue weighted by molar-refractivity contribution is 6.31. The van der Waals surface area contributed by atoms with Crippen molar-refractivity contribution in [3.8, 4) is 0 Å². The van der Waals surface area contributed by atoms with Crippen molar-refractivity contribution >= 4 is 11.6 Å². The minimum atomic E-state index is -1.11. The highest BCUT2D eigenvalue weighted by Crippen LogP contribution is 2.28. The molecule has 1 aromatic carbocycles. The summed E-state index contributed by atoms with van der Waals surface area (Å²) in [6, 6.07) is 4.51. The Morgan fingerprint density at radius 3 is 2.59 bits per heavy atom. The first kappa shape index (κ1) is 14.4. The summed E-state index contributed by atoms with van der Waals surface area (Å²) in [7, 11) is 1.51. The Morgan fingerprint density at radius 1 is 1.47 bits per heavy atom. The largest absolute Gasteiger partial charge is 0.387 e. The van der Waals surface area contributed by atoms with Crippen LogP contribution in [0.4, 0.5) is 4.39 Å². The number of methoxy groups -OCH3 is 1. The van der Waals surface area contributed by atoms with Crippen molar-refractivity contribution in [3.05, 3.63) is 34.6 Å². The summed E-state index contributed by atoms with van der Waals surface area (Å²) in [6.45, 7) is 3.89. The molecule has 96 valence electrons. The molecule has 4 heteroatoms. The van der Waals surface area contributed by atoms with Crippen LogP contribution in [0.25, 0.3) is 0 Å². The van der Waals surface area contributed by atoms with E-state index in [2.05, 4.69) is 0 Å². The summed E-state index contributed by atoms with van der Waals surface area (Å²) in [4.78, 5) is 0. The zero-order chi connectivity index (χ0) is 13.1. The van der Waals surface area contributed by atoms with Crippen LogP contribution >= 0.6 is 11.6 Å². The van der Waals surface area contributed by atoms with Crippen molar-refractivity contribution in [2.75, 3.05) is 13.7 Å². The van der Waals surface area contributed by atoms with E-state index in [1.54, 1.807) is 12.1 Å². The van der Waals surface area contributed by atoms with E-state index in [-0.39, 0.29) is 18.9 Å². The minimum absolute atomic E-state index is 0.0573. The van der Waals surface area contributed by atoms with E-state index in [4.69, 9.17) is 16.3 Å². The van der Waals surface area contributed by atoms with Crippen molar-refractivity contribution in [3.63, 3.8) is 0 Å². The van der Waals surface area contributed by atoms with E-state index < -0.39 is 11.4 Å². The van der Waals surface area contributed by atoms with Gasteiger partial charge in [0.15, 0.2) is 0 Å². The van der Waals surface area contributed by atoms with Gasteiger partial charge in [-0.3, -0.25) is 0 Å². The van der Waals surface area contributed by atoms with Gasteiger partial charge in [-0.25, -0.2) is 4.39 Å². The molecule has 1 rings (SSSR count). The molecule has 0 aliphatic heterocycles. The maximum absolute atomic E-state index is 13.6. The number of ether oxygens (including phenoxy) is 1.